The number of carbonyl (C=O) groups is 1. The van der Waals surface area contributed by atoms with Gasteiger partial charge in [-0.2, -0.15) is 23.5 Å². The van der Waals surface area contributed by atoms with Gasteiger partial charge in [-0.3, -0.25) is 4.79 Å². The molecule has 0 bridgehead atoms. The van der Waals surface area contributed by atoms with Gasteiger partial charge in [0, 0.05) is 17.4 Å². The van der Waals surface area contributed by atoms with Crippen molar-refractivity contribution in [3.05, 3.63) is 57.6 Å². The lowest BCUT2D eigenvalue weighted by Crippen LogP contribution is -2.35. The van der Waals surface area contributed by atoms with Crippen LogP contribution in [-0.4, -0.2) is 29.0 Å². The Labute approximate surface area is 197 Å². The molecule has 2 aliphatic rings. The molecule has 3 aromatic rings. The first-order valence-corrected chi connectivity index (χ1v) is 11.5. The first-order chi connectivity index (χ1) is 16.3. The van der Waals surface area contributed by atoms with Crippen LogP contribution in [0.5, 0.6) is 5.75 Å². The smallest absolute Gasteiger partial charge is 0.410 e. The van der Waals surface area contributed by atoms with Crippen LogP contribution in [0.3, 0.4) is 0 Å². The number of carbonyl (C=O) groups excluding carboxylic acids is 1. The number of methoxy groups -OCH3 is 1. The summed E-state index contributed by atoms with van der Waals surface area (Å²) in [5, 5.41) is 19.7. The van der Waals surface area contributed by atoms with Gasteiger partial charge in [-0.05, 0) is 42.5 Å². The molecule has 7 nitrogen and oxygen atoms in total. The molecule has 1 aliphatic carbocycles. The zero-order valence-corrected chi connectivity index (χ0v) is 18.9. The van der Waals surface area contributed by atoms with E-state index in [0.717, 1.165) is 34.4 Å². The van der Waals surface area contributed by atoms with Gasteiger partial charge >= 0.3 is 6.18 Å². The van der Waals surface area contributed by atoms with E-state index in [1.807, 2.05) is 0 Å². The van der Waals surface area contributed by atoms with Crippen LogP contribution in [0.1, 0.15) is 57.0 Å². The third-order valence-electron chi connectivity index (χ3n) is 6.18. The average molecular weight is 488 g/mol. The van der Waals surface area contributed by atoms with Crippen molar-refractivity contribution in [2.75, 3.05) is 17.7 Å². The number of amides is 1. The Hall–Kier alpha value is -3.52. The second-order valence-electron chi connectivity index (χ2n) is 8.25. The zero-order chi connectivity index (χ0) is 24.0. The molecule has 0 radical (unpaired) electrons. The molecule has 34 heavy (non-hydrogen) atoms. The molecule has 1 aliphatic heterocycles. The predicted molar refractivity (Wildman–Crippen MR) is 120 cm³/mol. The largest absolute Gasteiger partial charge is 0.497 e. The molecule has 11 heteroatoms. The monoisotopic (exact) mass is 487 g/mol. The number of nitriles is 1. The summed E-state index contributed by atoms with van der Waals surface area (Å²) in [4.78, 5) is 14.0. The van der Waals surface area contributed by atoms with Gasteiger partial charge in [0.1, 0.15) is 22.6 Å². The van der Waals surface area contributed by atoms with Gasteiger partial charge in [-0.15, -0.1) is 11.3 Å². The van der Waals surface area contributed by atoms with Crippen LogP contribution in [0.2, 0.25) is 0 Å². The van der Waals surface area contributed by atoms with Gasteiger partial charge in [-0.25, -0.2) is 4.68 Å². The van der Waals surface area contributed by atoms with Gasteiger partial charge in [0.15, 0.2) is 11.7 Å². The maximum Gasteiger partial charge on any atom is 0.410 e. The fraction of sp³-hybridized carbons (Fsp3) is 0.348. The summed E-state index contributed by atoms with van der Waals surface area (Å²) in [6, 6.07) is 7.76. The molecule has 0 saturated heterocycles. The average Bonchev–Trinajstić information content (AvgIpc) is 3.51. The van der Waals surface area contributed by atoms with E-state index in [4.69, 9.17) is 4.74 Å². The number of nitrogens with one attached hydrogen (secondary N) is 2. The summed E-state index contributed by atoms with van der Waals surface area (Å²) in [5.41, 5.74) is 1.87. The molecule has 3 heterocycles. The van der Waals surface area contributed by atoms with Gasteiger partial charge in [-0.1, -0.05) is 12.1 Å². The Morgan fingerprint density at radius 3 is 2.91 bits per heavy atom. The summed E-state index contributed by atoms with van der Waals surface area (Å²) in [6.45, 7) is 0. The first kappa shape index (κ1) is 22.3. The molecule has 1 aromatic carbocycles. The maximum absolute atomic E-state index is 14.0. The third kappa shape index (κ3) is 3.88. The minimum atomic E-state index is -4.56. The molecule has 2 aromatic heterocycles. The lowest BCUT2D eigenvalue weighted by molar-refractivity contribution is -0.173. The number of hydrogen-bond donors (Lipinski definition) is 2. The van der Waals surface area contributed by atoms with Crippen molar-refractivity contribution in [3.63, 3.8) is 0 Å². The van der Waals surface area contributed by atoms with E-state index in [1.54, 1.807) is 24.3 Å². The number of fused-ring (bicyclic) bond motifs is 2. The molecule has 2 N–H and O–H groups in total. The number of thiophene rings is 1. The summed E-state index contributed by atoms with van der Waals surface area (Å²) in [6.07, 6.45) is -2.24. The SMILES string of the molecule is COc1cccc([C@@H]2C[C@H](C(F)(F)F)n3nc(C(=O)Nc4sc5c(c4C#N)CCC5)cc3N2)c1. The van der Waals surface area contributed by atoms with Gasteiger partial charge < -0.3 is 15.4 Å². The van der Waals surface area contributed by atoms with Crippen molar-refractivity contribution in [3.8, 4) is 11.8 Å². The van der Waals surface area contributed by atoms with Crippen molar-refractivity contribution in [2.45, 2.75) is 43.9 Å². The second kappa shape index (κ2) is 8.36. The number of alkyl halides is 3. The number of ether oxygens (including phenoxy) is 1. The van der Waals surface area contributed by atoms with E-state index in [0.29, 0.717) is 21.9 Å². The third-order valence-corrected chi connectivity index (χ3v) is 7.39. The molecule has 0 spiro atoms. The minimum absolute atomic E-state index is 0.0979. The predicted octanol–water partition coefficient (Wildman–Crippen LogP) is 5.23. The number of nitrogens with zero attached hydrogens (tertiary/aromatic N) is 3. The van der Waals surface area contributed by atoms with Crippen LogP contribution < -0.4 is 15.4 Å². The molecule has 5 rings (SSSR count). The van der Waals surface area contributed by atoms with E-state index in [9.17, 15) is 23.2 Å². The number of aromatic nitrogens is 2. The highest BCUT2D eigenvalue weighted by atomic mass is 32.1. The number of rotatable bonds is 4. The van der Waals surface area contributed by atoms with Gasteiger partial charge in [0.05, 0.1) is 18.7 Å². The Morgan fingerprint density at radius 1 is 1.35 bits per heavy atom. The molecule has 2 atom stereocenters. The van der Waals surface area contributed by atoms with Crippen molar-refractivity contribution >= 4 is 28.1 Å². The highest BCUT2D eigenvalue weighted by Gasteiger charge is 2.47. The highest BCUT2D eigenvalue weighted by Crippen LogP contribution is 2.44. The molecule has 0 unspecified atom stereocenters. The number of benzene rings is 1. The minimum Gasteiger partial charge on any atom is -0.497 e. The summed E-state index contributed by atoms with van der Waals surface area (Å²) < 4.78 is 47.9. The number of hydrogen-bond acceptors (Lipinski definition) is 6. The molecule has 0 saturated carbocycles. The molecular formula is C23H20F3N5O2S. The van der Waals surface area contributed by atoms with E-state index >= 15 is 0 Å². The van der Waals surface area contributed by atoms with Gasteiger partial charge in [0.2, 0.25) is 0 Å². The molecular weight excluding hydrogens is 467 g/mol. The topological polar surface area (TPSA) is 92.0 Å². The highest BCUT2D eigenvalue weighted by molar-refractivity contribution is 7.16. The summed E-state index contributed by atoms with van der Waals surface area (Å²) >= 11 is 1.34. The fourth-order valence-electron chi connectivity index (χ4n) is 4.54. The Balaban J connectivity index is 1.45. The van der Waals surface area contributed by atoms with Crippen LogP contribution >= 0.6 is 11.3 Å². The summed E-state index contributed by atoms with van der Waals surface area (Å²) in [5.74, 6) is -0.0159. The normalized spacial score (nSPS) is 19.0. The number of aryl methyl sites for hydroxylation is 1. The van der Waals surface area contributed by atoms with Crippen molar-refractivity contribution in [1.82, 2.24) is 9.78 Å². The van der Waals surface area contributed by atoms with Crippen LogP contribution in [0.15, 0.2) is 30.3 Å². The van der Waals surface area contributed by atoms with E-state index < -0.39 is 24.2 Å². The lowest BCUT2D eigenvalue weighted by atomic mass is 9.97. The van der Waals surface area contributed by atoms with Crippen molar-refractivity contribution < 1.29 is 22.7 Å². The van der Waals surface area contributed by atoms with Crippen LogP contribution in [0.4, 0.5) is 24.0 Å². The molecule has 0 fully saturated rings. The number of anilines is 2. The van der Waals surface area contributed by atoms with E-state index in [2.05, 4.69) is 21.8 Å². The Bertz CT molecular complexity index is 1310. The fourth-order valence-corrected chi connectivity index (χ4v) is 5.77. The maximum atomic E-state index is 14.0. The Kier molecular flexibility index (Phi) is 5.48. The second-order valence-corrected chi connectivity index (χ2v) is 9.36. The molecule has 176 valence electrons. The van der Waals surface area contributed by atoms with Crippen molar-refractivity contribution in [1.29, 1.82) is 5.26 Å². The van der Waals surface area contributed by atoms with Crippen LogP contribution in [0, 0.1) is 11.3 Å². The van der Waals surface area contributed by atoms with Crippen LogP contribution in [-0.2, 0) is 12.8 Å². The Morgan fingerprint density at radius 2 is 2.18 bits per heavy atom. The number of halogens is 3. The van der Waals surface area contributed by atoms with Gasteiger partial charge in [0.25, 0.3) is 5.91 Å². The lowest BCUT2D eigenvalue weighted by Gasteiger charge is -2.33. The molecule has 1 amide bonds. The summed E-state index contributed by atoms with van der Waals surface area (Å²) in [7, 11) is 1.49. The quantitative estimate of drug-likeness (QED) is 0.526. The van der Waals surface area contributed by atoms with Crippen molar-refractivity contribution in [2.24, 2.45) is 0 Å². The van der Waals surface area contributed by atoms with Crippen LogP contribution in [0.25, 0.3) is 0 Å². The first-order valence-electron chi connectivity index (χ1n) is 10.7. The van der Waals surface area contributed by atoms with E-state index in [-0.39, 0.29) is 17.9 Å². The zero-order valence-electron chi connectivity index (χ0n) is 18.1. The standard InChI is InChI=1S/C23H20F3N5O2S/c1-33-13-5-2-4-12(8-13)16-9-19(23(24,25)26)31-20(28-16)10-17(30-31)21(32)29-22-15(11-27)14-6-3-7-18(14)34-22/h2,4-5,8,10,16,19,28H,3,6-7,9H2,1H3,(H,29,32)/t16-,19+/m0/s1. The van der Waals surface area contributed by atoms with E-state index in [1.165, 1.54) is 24.5 Å².